The number of tetrazole rings is 1. The molecular formula is C24H19Cl2FN8O2. The number of aliphatic hydroxyl groups is 1. The smallest absolute Gasteiger partial charge is 0.247 e. The van der Waals surface area contributed by atoms with Crippen molar-refractivity contribution >= 4 is 34.7 Å². The van der Waals surface area contributed by atoms with Crippen molar-refractivity contribution in [2.75, 3.05) is 0 Å². The monoisotopic (exact) mass is 540 g/mol. The first-order valence-corrected chi connectivity index (χ1v) is 12.3. The molecule has 2 N–H and O–H groups in total. The number of aliphatic hydroxyl groups excluding tert-OH is 1. The summed E-state index contributed by atoms with van der Waals surface area (Å²) in [5.74, 6) is -0.230. The maximum Gasteiger partial charge on any atom is 0.247 e. The molecule has 1 saturated heterocycles. The van der Waals surface area contributed by atoms with Gasteiger partial charge in [0.25, 0.3) is 0 Å². The Bertz CT molecular complexity index is 1540. The van der Waals surface area contributed by atoms with Crippen LogP contribution in [0.4, 0.5) is 4.39 Å². The summed E-state index contributed by atoms with van der Waals surface area (Å²) in [6, 6.07) is 4.39. The molecule has 3 aromatic heterocycles. The fourth-order valence-corrected chi connectivity index (χ4v) is 5.58. The lowest BCUT2D eigenvalue weighted by Gasteiger charge is -2.33. The first kappa shape index (κ1) is 23.7. The molecule has 13 heteroatoms. The lowest BCUT2D eigenvalue weighted by molar-refractivity contribution is -0.129. The minimum absolute atomic E-state index is 0.0471. The third-order valence-corrected chi connectivity index (χ3v) is 7.53. The van der Waals surface area contributed by atoms with Crippen LogP contribution in [0.3, 0.4) is 0 Å². The highest BCUT2D eigenvalue weighted by Crippen LogP contribution is 2.44. The van der Waals surface area contributed by atoms with Gasteiger partial charge in [-0.25, -0.2) is 9.37 Å². The van der Waals surface area contributed by atoms with Gasteiger partial charge < -0.3 is 15.0 Å². The van der Waals surface area contributed by atoms with Crippen LogP contribution in [-0.2, 0) is 11.4 Å². The van der Waals surface area contributed by atoms with Gasteiger partial charge in [0, 0.05) is 29.4 Å². The van der Waals surface area contributed by atoms with E-state index >= 15 is 4.39 Å². The number of carbonyl (C=O) groups excluding carboxylic acids is 1. The van der Waals surface area contributed by atoms with Gasteiger partial charge in [0.1, 0.15) is 12.2 Å². The van der Waals surface area contributed by atoms with Gasteiger partial charge in [-0.05, 0) is 53.5 Å². The van der Waals surface area contributed by atoms with Crippen LogP contribution in [0.25, 0.3) is 22.5 Å². The molecule has 1 unspecified atom stereocenters. The summed E-state index contributed by atoms with van der Waals surface area (Å²) >= 11 is 12.5. The second kappa shape index (κ2) is 9.33. The average Bonchev–Trinajstić information content (AvgIpc) is 3.66. The Morgan fingerprint density at radius 1 is 1.19 bits per heavy atom. The zero-order valence-corrected chi connectivity index (χ0v) is 20.7. The number of hydrogen-bond acceptors (Lipinski definition) is 7. The minimum Gasteiger partial charge on any atom is -0.390 e. The third-order valence-electron chi connectivity index (χ3n) is 6.81. The van der Waals surface area contributed by atoms with Crippen LogP contribution in [-0.4, -0.2) is 57.1 Å². The SMILES string of the molecule is O=C1C=C(c2c(-n3cnnn3)ccc(Cl)c2F)CC2CC[C@@H](c3ncc(-c4ccnc(CO)c4Cl)[nH]3)N12. The van der Waals surface area contributed by atoms with Gasteiger partial charge in [0.05, 0.1) is 46.0 Å². The van der Waals surface area contributed by atoms with Crippen molar-refractivity contribution in [1.82, 2.24) is 40.1 Å². The van der Waals surface area contributed by atoms with Crippen LogP contribution >= 0.6 is 23.2 Å². The number of H-pyrrole nitrogens is 1. The van der Waals surface area contributed by atoms with Gasteiger partial charge in [-0.3, -0.25) is 9.78 Å². The maximum absolute atomic E-state index is 15.3. The number of imidazole rings is 1. The number of hydrogen-bond donors (Lipinski definition) is 2. The highest BCUT2D eigenvalue weighted by Gasteiger charge is 2.42. The Morgan fingerprint density at radius 3 is 2.84 bits per heavy atom. The maximum atomic E-state index is 15.3. The Morgan fingerprint density at radius 2 is 2.05 bits per heavy atom. The molecular weight excluding hydrogens is 522 g/mol. The average molecular weight is 541 g/mol. The zero-order chi connectivity index (χ0) is 25.7. The van der Waals surface area contributed by atoms with Crippen LogP contribution in [0.2, 0.25) is 10.0 Å². The summed E-state index contributed by atoms with van der Waals surface area (Å²) in [7, 11) is 0. The van der Waals surface area contributed by atoms with E-state index in [0.29, 0.717) is 51.9 Å². The number of pyridine rings is 1. The summed E-state index contributed by atoms with van der Waals surface area (Å²) < 4.78 is 16.6. The quantitative estimate of drug-likeness (QED) is 0.393. The van der Waals surface area contributed by atoms with Crippen molar-refractivity contribution in [1.29, 1.82) is 0 Å². The highest BCUT2D eigenvalue weighted by molar-refractivity contribution is 6.33. The zero-order valence-electron chi connectivity index (χ0n) is 19.1. The Hall–Kier alpha value is -3.67. The van der Waals surface area contributed by atoms with Crippen molar-refractivity contribution in [2.24, 2.45) is 0 Å². The first-order valence-electron chi connectivity index (χ1n) is 11.5. The number of fused-ring (bicyclic) bond motifs is 1. The van der Waals surface area contributed by atoms with Crippen molar-refractivity contribution in [2.45, 2.75) is 38.0 Å². The van der Waals surface area contributed by atoms with Crippen LogP contribution < -0.4 is 0 Å². The predicted octanol–water partition coefficient (Wildman–Crippen LogP) is 3.91. The lowest BCUT2D eigenvalue weighted by Crippen LogP contribution is -2.39. The Balaban J connectivity index is 1.33. The fourth-order valence-electron chi connectivity index (χ4n) is 5.15. The predicted molar refractivity (Wildman–Crippen MR) is 132 cm³/mol. The van der Waals surface area contributed by atoms with Gasteiger partial charge in [-0.1, -0.05) is 23.2 Å². The van der Waals surface area contributed by atoms with Gasteiger partial charge in [-0.15, -0.1) is 5.10 Å². The molecule has 10 nitrogen and oxygen atoms in total. The summed E-state index contributed by atoms with van der Waals surface area (Å²) in [5.41, 5.74) is 2.85. The summed E-state index contributed by atoms with van der Waals surface area (Å²) in [6.45, 7) is -0.280. The van der Waals surface area contributed by atoms with Gasteiger partial charge in [0.15, 0.2) is 5.82 Å². The molecule has 2 atom stereocenters. The van der Waals surface area contributed by atoms with E-state index < -0.39 is 5.82 Å². The number of halogens is 3. The molecule has 1 fully saturated rings. The van der Waals surface area contributed by atoms with E-state index in [1.165, 1.54) is 23.2 Å². The molecule has 2 aliphatic rings. The number of carbonyl (C=O) groups is 1. The molecule has 2 aliphatic heterocycles. The number of rotatable bonds is 5. The number of aromatic nitrogens is 7. The molecule has 1 amide bonds. The van der Waals surface area contributed by atoms with Gasteiger partial charge in [-0.2, -0.15) is 4.68 Å². The normalized spacial score (nSPS) is 19.3. The molecule has 0 aliphatic carbocycles. The molecule has 4 aromatic rings. The van der Waals surface area contributed by atoms with E-state index in [1.807, 2.05) is 0 Å². The standard InChI is InChI=1S/C24H19Cl2FN8O2/c25-15-2-4-18(34-11-30-32-33-34)21(23(15)27)12-7-13-1-3-19(35(13)20(37)8-12)24-29-9-16(31-24)14-5-6-28-17(10-36)22(14)26/h2,4-6,8-9,11,13,19,36H,1,3,7,10H2,(H,29,31)/t13?,19-/m0/s1. The minimum atomic E-state index is -0.621. The van der Waals surface area contributed by atoms with Crippen LogP contribution in [0, 0.1) is 5.82 Å². The second-order valence-corrected chi connectivity index (χ2v) is 9.62. The number of benzene rings is 1. The number of aromatic amines is 1. The van der Waals surface area contributed by atoms with E-state index in [2.05, 4.69) is 30.5 Å². The summed E-state index contributed by atoms with van der Waals surface area (Å²) in [5, 5.41) is 20.9. The third kappa shape index (κ3) is 3.99. The Kier molecular flexibility index (Phi) is 5.98. The molecule has 5 heterocycles. The first-order chi connectivity index (χ1) is 18.0. The summed E-state index contributed by atoms with van der Waals surface area (Å²) in [6.07, 6.45) is 7.89. The molecule has 0 radical (unpaired) electrons. The molecule has 6 rings (SSSR count). The van der Waals surface area contributed by atoms with E-state index in [9.17, 15) is 9.90 Å². The van der Waals surface area contributed by atoms with Crippen molar-refractivity contribution in [3.05, 3.63) is 75.9 Å². The molecule has 188 valence electrons. The van der Waals surface area contributed by atoms with Crippen molar-refractivity contribution < 1.29 is 14.3 Å². The van der Waals surface area contributed by atoms with Crippen molar-refractivity contribution in [3.63, 3.8) is 0 Å². The number of amides is 1. The molecule has 1 aromatic carbocycles. The van der Waals surface area contributed by atoms with Crippen molar-refractivity contribution in [3.8, 4) is 16.9 Å². The van der Waals surface area contributed by atoms with Crippen LogP contribution in [0.15, 0.2) is 43.0 Å². The largest absolute Gasteiger partial charge is 0.390 e. The molecule has 0 bridgehead atoms. The second-order valence-electron chi connectivity index (χ2n) is 8.84. The van der Waals surface area contributed by atoms with Crippen LogP contribution in [0.1, 0.15) is 42.4 Å². The topological polar surface area (TPSA) is 126 Å². The number of nitrogens with zero attached hydrogens (tertiary/aromatic N) is 7. The van der Waals surface area contributed by atoms with Crippen LogP contribution in [0.5, 0.6) is 0 Å². The number of nitrogens with one attached hydrogen (secondary N) is 1. The molecule has 37 heavy (non-hydrogen) atoms. The highest BCUT2D eigenvalue weighted by atomic mass is 35.5. The fraction of sp³-hybridized carbons (Fsp3) is 0.250. The molecule has 0 saturated carbocycles. The van der Waals surface area contributed by atoms with Gasteiger partial charge >= 0.3 is 0 Å². The lowest BCUT2D eigenvalue weighted by atomic mass is 9.92. The van der Waals surface area contributed by atoms with E-state index in [0.717, 1.165) is 6.42 Å². The van der Waals surface area contributed by atoms with E-state index in [4.69, 9.17) is 23.2 Å². The molecule has 0 spiro atoms. The Labute approximate surface area is 219 Å². The van der Waals surface area contributed by atoms with E-state index in [-0.39, 0.29) is 35.2 Å². The summed E-state index contributed by atoms with van der Waals surface area (Å²) in [4.78, 5) is 27.1. The van der Waals surface area contributed by atoms with Gasteiger partial charge in [0.2, 0.25) is 5.91 Å². The van der Waals surface area contributed by atoms with E-state index in [1.54, 1.807) is 29.4 Å².